The van der Waals surface area contributed by atoms with Crippen molar-refractivity contribution < 1.29 is 29.0 Å². The summed E-state index contributed by atoms with van der Waals surface area (Å²) in [5, 5.41) is 12.2. The van der Waals surface area contributed by atoms with Crippen molar-refractivity contribution in [3.63, 3.8) is 0 Å². The van der Waals surface area contributed by atoms with Gasteiger partial charge in [0.1, 0.15) is 17.5 Å². The van der Waals surface area contributed by atoms with E-state index < -0.39 is 23.9 Å². The highest BCUT2D eigenvalue weighted by Gasteiger charge is 2.22. The van der Waals surface area contributed by atoms with E-state index in [9.17, 15) is 19.5 Å². The van der Waals surface area contributed by atoms with Crippen molar-refractivity contribution in [2.45, 2.75) is 45.6 Å². The molecule has 3 rings (SSSR count). The Morgan fingerprint density at radius 2 is 1.39 bits per heavy atom. The highest BCUT2D eigenvalue weighted by molar-refractivity contribution is 5.96. The number of carboxylic acid groups (broad SMARTS) is 1. The van der Waals surface area contributed by atoms with Gasteiger partial charge in [-0.3, -0.25) is 4.79 Å². The molecule has 0 saturated carbocycles. The molecule has 0 radical (unpaired) electrons. The van der Waals surface area contributed by atoms with Gasteiger partial charge < -0.3 is 19.9 Å². The van der Waals surface area contributed by atoms with E-state index >= 15 is 0 Å². The van der Waals surface area contributed by atoms with Crippen LogP contribution in [0, 0.1) is 0 Å². The lowest BCUT2D eigenvalue weighted by atomic mass is 9.86. The fourth-order valence-corrected chi connectivity index (χ4v) is 3.51. The Labute approximate surface area is 211 Å². The van der Waals surface area contributed by atoms with Crippen LogP contribution in [0.2, 0.25) is 0 Å². The number of carbonyl (C=O) groups excluding carboxylic acids is 2. The van der Waals surface area contributed by atoms with Crippen LogP contribution in [-0.4, -0.2) is 35.6 Å². The maximum Gasteiger partial charge on any atom is 0.343 e. The van der Waals surface area contributed by atoms with Crippen molar-refractivity contribution >= 4 is 17.8 Å². The van der Waals surface area contributed by atoms with Crippen LogP contribution in [-0.2, 0) is 16.6 Å². The van der Waals surface area contributed by atoms with Gasteiger partial charge in [-0.25, -0.2) is 9.59 Å². The summed E-state index contributed by atoms with van der Waals surface area (Å²) in [6.07, 6.45) is 0.0776. The molecule has 3 aromatic rings. The number of hydrogen-bond donors (Lipinski definition) is 2. The third-order valence-electron chi connectivity index (χ3n) is 5.59. The number of carbonyl (C=O) groups is 3. The first-order valence-corrected chi connectivity index (χ1v) is 11.7. The highest BCUT2D eigenvalue weighted by Crippen LogP contribution is 2.22. The second-order valence-electron chi connectivity index (χ2n) is 9.39. The second kappa shape index (κ2) is 11.5. The predicted octanol–water partition coefficient (Wildman–Crippen LogP) is 5.03. The maximum absolute atomic E-state index is 12.6. The van der Waals surface area contributed by atoms with Gasteiger partial charge in [-0.15, -0.1) is 0 Å². The number of aliphatic carboxylic acids is 1. The summed E-state index contributed by atoms with van der Waals surface area (Å²) in [4.78, 5) is 36.8. The molecule has 0 aliphatic rings. The minimum absolute atomic E-state index is 0.0483. The van der Waals surface area contributed by atoms with E-state index in [0.717, 1.165) is 5.56 Å². The SMILES string of the molecule is CCOc1ccc(C(=O)Oc2ccc(C[C@H](NC(=O)c3ccc(C(C)(C)C)cc3)C(=O)O)cc2)cc1. The molecule has 7 nitrogen and oxygen atoms in total. The van der Waals surface area contributed by atoms with Crippen molar-refractivity contribution in [1.29, 1.82) is 0 Å². The van der Waals surface area contributed by atoms with Gasteiger partial charge >= 0.3 is 11.9 Å². The van der Waals surface area contributed by atoms with Gasteiger partial charge in [-0.05, 0) is 72.0 Å². The zero-order chi connectivity index (χ0) is 26.3. The molecule has 36 heavy (non-hydrogen) atoms. The molecule has 0 unspecified atom stereocenters. The Balaban J connectivity index is 1.61. The van der Waals surface area contributed by atoms with E-state index in [2.05, 4.69) is 26.1 Å². The van der Waals surface area contributed by atoms with E-state index in [1.165, 1.54) is 0 Å². The van der Waals surface area contributed by atoms with E-state index in [-0.39, 0.29) is 11.8 Å². The number of benzene rings is 3. The number of ether oxygens (including phenoxy) is 2. The number of carboxylic acids is 1. The van der Waals surface area contributed by atoms with Crippen molar-refractivity contribution in [3.05, 3.63) is 95.1 Å². The molecule has 0 fully saturated rings. The molecule has 3 aromatic carbocycles. The van der Waals surface area contributed by atoms with E-state index in [0.29, 0.717) is 34.8 Å². The highest BCUT2D eigenvalue weighted by atomic mass is 16.5. The first-order valence-electron chi connectivity index (χ1n) is 11.7. The molecule has 0 aliphatic carbocycles. The van der Waals surface area contributed by atoms with Crippen molar-refractivity contribution in [2.24, 2.45) is 0 Å². The topological polar surface area (TPSA) is 102 Å². The van der Waals surface area contributed by atoms with Crippen molar-refractivity contribution in [3.8, 4) is 11.5 Å². The minimum atomic E-state index is -1.14. The van der Waals surface area contributed by atoms with Crippen LogP contribution in [0.1, 0.15) is 59.5 Å². The van der Waals surface area contributed by atoms with Crippen LogP contribution >= 0.6 is 0 Å². The lowest BCUT2D eigenvalue weighted by molar-refractivity contribution is -0.139. The van der Waals surface area contributed by atoms with Crippen molar-refractivity contribution in [2.75, 3.05) is 6.61 Å². The number of rotatable bonds is 9. The first-order chi connectivity index (χ1) is 17.1. The molecule has 0 aromatic heterocycles. The Bertz CT molecular complexity index is 1190. The van der Waals surface area contributed by atoms with Gasteiger partial charge in [0.05, 0.1) is 12.2 Å². The van der Waals surface area contributed by atoms with Gasteiger partial charge in [0.15, 0.2) is 0 Å². The summed E-state index contributed by atoms with van der Waals surface area (Å²) in [6, 6.07) is 19.2. The normalized spacial score (nSPS) is 11.9. The maximum atomic E-state index is 12.6. The first kappa shape index (κ1) is 26.5. The number of nitrogens with one attached hydrogen (secondary N) is 1. The van der Waals surface area contributed by atoms with Gasteiger partial charge in [-0.1, -0.05) is 45.0 Å². The molecule has 1 amide bonds. The van der Waals surface area contributed by atoms with Crippen LogP contribution in [0.4, 0.5) is 0 Å². The zero-order valence-electron chi connectivity index (χ0n) is 20.9. The van der Waals surface area contributed by atoms with Gasteiger partial charge in [0.25, 0.3) is 5.91 Å². The summed E-state index contributed by atoms with van der Waals surface area (Å²) in [5.74, 6) is -1.11. The van der Waals surface area contributed by atoms with Crippen LogP contribution in [0.5, 0.6) is 11.5 Å². The van der Waals surface area contributed by atoms with Crippen LogP contribution in [0.25, 0.3) is 0 Å². The van der Waals surface area contributed by atoms with E-state index in [4.69, 9.17) is 9.47 Å². The molecular formula is C29H31NO6. The Morgan fingerprint density at radius 3 is 1.92 bits per heavy atom. The third-order valence-corrected chi connectivity index (χ3v) is 5.59. The standard InChI is InChI=1S/C29H31NO6/c1-5-35-23-16-10-21(11-17-23)28(34)36-24-14-6-19(7-15-24)18-25(27(32)33)30-26(31)20-8-12-22(13-9-20)29(2,3)4/h6-17,25H,5,18H2,1-4H3,(H,30,31)(H,32,33)/t25-/m0/s1. The van der Waals surface area contributed by atoms with Crippen LogP contribution in [0.15, 0.2) is 72.8 Å². The summed E-state index contributed by atoms with van der Waals surface area (Å²) < 4.78 is 10.8. The fraction of sp³-hybridized carbons (Fsp3) is 0.276. The summed E-state index contributed by atoms with van der Waals surface area (Å²) in [6.45, 7) is 8.65. The monoisotopic (exact) mass is 489 g/mol. The molecule has 188 valence electrons. The molecule has 7 heteroatoms. The summed E-state index contributed by atoms with van der Waals surface area (Å²) in [7, 11) is 0. The molecule has 0 heterocycles. The minimum Gasteiger partial charge on any atom is -0.494 e. The average molecular weight is 490 g/mol. The van der Waals surface area contributed by atoms with Gasteiger partial charge in [0.2, 0.25) is 0 Å². The van der Waals surface area contributed by atoms with Crippen molar-refractivity contribution in [1.82, 2.24) is 5.32 Å². The Hall–Kier alpha value is -4.13. The quantitative estimate of drug-likeness (QED) is 0.323. The largest absolute Gasteiger partial charge is 0.494 e. The smallest absolute Gasteiger partial charge is 0.343 e. The average Bonchev–Trinajstić information content (AvgIpc) is 2.85. The summed E-state index contributed by atoms with van der Waals surface area (Å²) in [5.41, 5.74) is 2.48. The van der Waals surface area contributed by atoms with Gasteiger partial charge in [0, 0.05) is 12.0 Å². The fourth-order valence-electron chi connectivity index (χ4n) is 3.51. The Kier molecular flexibility index (Phi) is 8.48. The molecule has 0 bridgehead atoms. The molecule has 0 spiro atoms. The lowest BCUT2D eigenvalue weighted by Gasteiger charge is -2.19. The summed E-state index contributed by atoms with van der Waals surface area (Å²) >= 11 is 0. The molecule has 2 N–H and O–H groups in total. The van der Waals surface area contributed by atoms with Crippen LogP contribution < -0.4 is 14.8 Å². The zero-order valence-corrected chi connectivity index (χ0v) is 20.9. The molecule has 1 atom stereocenters. The molecular weight excluding hydrogens is 458 g/mol. The molecule has 0 aliphatic heterocycles. The predicted molar refractivity (Wildman–Crippen MR) is 137 cm³/mol. The number of amides is 1. The second-order valence-corrected chi connectivity index (χ2v) is 9.39. The number of hydrogen-bond acceptors (Lipinski definition) is 5. The number of esters is 1. The molecule has 0 saturated heterocycles. The van der Waals surface area contributed by atoms with Crippen LogP contribution in [0.3, 0.4) is 0 Å². The third kappa shape index (κ3) is 7.18. The van der Waals surface area contributed by atoms with Gasteiger partial charge in [-0.2, -0.15) is 0 Å². The van der Waals surface area contributed by atoms with E-state index in [1.807, 2.05) is 19.1 Å². The Morgan fingerprint density at radius 1 is 0.833 bits per heavy atom. The van der Waals surface area contributed by atoms with E-state index in [1.54, 1.807) is 60.7 Å². The lowest BCUT2D eigenvalue weighted by Crippen LogP contribution is -2.42.